The van der Waals surface area contributed by atoms with Crippen LogP contribution in [0.4, 0.5) is 65.9 Å². The molecule has 242 valence electrons. The lowest BCUT2D eigenvalue weighted by molar-refractivity contribution is -0.449. The van der Waals surface area contributed by atoms with E-state index in [4.69, 9.17) is 4.18 Å². The topological polar surface area (TPSA) is 30.6 Å². The highest BCUT2D eigenvalue weighted by Crippen LogP contribution is 2.70. The molecule has 1 N–H and O–H groups in total. The Morgan fingerprint density at radius 2 is 0.705 bits per heavy atom. The van der Waals surface area contributed by atoms with Crippen molar-refractivity contribution in [1.82, 2.24) is 0 Å². The van der Waals surface area contributed by atoms with E-state index in [1.165, 1.54) is 54.6 Å². The van der Waals surface area contributed by atoms with Gasteiger partial charge >= 0.3 is 47.7 Å². The first kappa shape index (κ1) is 34.9. The van der Waals surface area contributed by atoms with E-state index in [0.717, 1.165) is 36.4 Å². The van der Waals surface area contributed by atoms with Crippen molar-refractivity contribution in [2.24, 2.45) is 0 Å². The maximum Gasteiger partial charge on any atom is 0.576 e. The minimum Gasteiger partial charge on any atom is -0.333 e. The van der Waals surface area contributed by atoms with Crippen LogP contribution in [-0.4, -0.2) is 52.5 Å². The zero-order valence-corrected chi connectivity index (χ0v) is 21.9. The van der Waals surface area contributed by atoms with E-state index in [0.29, 0.717) is 0 Å². The third kappa shape index (κ3) is 5.03. The van der Waals surface area contributed by atoms with Crippen LogP contribution < -0.4 is 0 Å². The van der Waals surface area contributed by atoms with E-state index in [1.54, 1.807) is 0 Å². The Labute approximate surface area is 238 Å². The van der Waals surface area contributed by atoms with Crippen molar-refractivity contribution in [2.75, 3.05) is 0 Å². The number of benzene rings is 3. The third-order valence-electron chi connectivity index (χ3n) is 6.03. The Morgan fingerprint density at radius 3 is 1.00 bits per heavy atom. The predicted octanol–water partition coefficient (Wildman–Crippen LogP) is 9.78. The Balaban J connectivity index is 2.22. The summed E-state index contributed by atoms with van der Waals surface area (Å²) < 4.78 is 212. The number of halogens is 15. The Bertz CT molecular complexity index is 1350. The van der Waals surface area contributed by atoms with Crippen LogP contribution in [0.2, 0.25) is 0 Å². The summed E-state index contributed by atoms with van der Waals surface area (Å²) in [5.74, 6) is -52.0. The highest BCUT2D eigenvalue weighted by Gasteiger charge is 2.95. The van der Waals surface area contributed by atoms with Gasteiger partial charge in [-0.3, -0.25) is 0 Å². The first-order valence-corrected chi connectivity index (χ1v) is 13.1. The molecule has 44 heavy (non-hydrogen) atoms. The summed E-state index contributed by atoms with van der Waals surface area (Å²) in [6.45, 7) is 0. The van der Waals surface area contributed by atoms with E-state index in [2.05, 4.69) is 0 Å². The average Bonchev–Trinajstić information content (AvgIpc) is 2.96. The first-order valence-electron chi connectivity index (χ1n) is 11.5. The van der Waals surface area contributed by atoms with Crippen LogP contribution in [0.25, 0.3) is 0 Å². The van der Waals surface area contributed by atoms with E-state index < -0.39 is 58.0 Å². The molecule has 0 saturated carbocycles. The molecule has 0 unspecified atom stereocenters. The van der Waals surface area contributed by atoms with E-state index >= 15 is 8.78 Å². The van der Waals surface area contributed by atoms with Gasteiger partial charge in [0.2, 0.25) is 0 Å². The molecule has 0 amide bonds. The summed E-state index contributed by atoms with van der Waals surface area (Å²) >= 11 is 0. The van der Waals surface area contributed by atoms with E-state index in [9.17, 15) is 61.9 Å². The maximum absolute atomic E-state index is 15.0. The van der Waals surface area contributed by atoms with Crippen molar-refractivity contribution in [2.45, 2.75) is 56.4 Å². The number of rotatable bonds is 10. The largest absolute Gasteiger partial charge is 0.576 e. The predicted molar refractivity (Wildman–Crippen MR) is 125 cm³/mol. The third-order valence-corrected chi connectivity index (χ3v) is 9.24. The van der Waals surface area contributed by atoms with Crippen molar-refractivity contribution in [3.05, 3.63) is 91.0 Å². The first-order chi connectivity index (χ1) is 19.9. The summed E-state index contributed by atoms with van der Waals surface area (Å²) in [6.07, 6.45) is -7.73. The normalized spacial score (nSPS) is 14.7. The number of hydrogen-bond acceptors (Lipinski definition) is 1. The zero-order valence-electron chi connectivity index (χ0n) is 21.1. The molecule has 0 atom stereocenters. The fraction of sp³-hybridized carbons (Fsp3) is 0.269. The van der Waals surface area contributed by atoms with Gasteiger partial charge in [-0.05, 0) is 36.4 Å². The molecule has 18 heteroatoms. The highest BCUT2D eigenvalue weighted by molar-refractivity contribution is 8.30. The van der Waals surface area contributed by atoms with Crippen molar-refractivity contribution in [1.29, 1.82) is 0 Å². The molecule has 0 aliphatic heterocycles. The Hall–Kier alpha value is -3.57. The van der Waals surface area contributed by atoms with Gasteiger partial charge in [-0.15, -0.1) is 0 Å². The van der Waals surface area contributed by atoms with Gasteiger partial charge in [-0.25, -0.2) is 4.18 Å². The van der Waals surface area contributed by atoms with E-state index in [-0.39, 0.29) is 14.7 Å². The lowest BCUT2D eigenvalue weighted by Gasteiger charge is -2.40. The maximum atomic E-state index is 15.0. The molecule has 0 aromatic heterocycles. The molecule has 0 aliphatic rings. The summed E-state index contributed by atoms with van der Waals surface area (Å²) in [6, 6.07) is 18.5. The number of carbonyl (C=O) groups excluding carboxylic acids is 1. The molecule has 0 heterocycles. The average molecular weight is 677 g/mol. The molecule has 3 aromatic carbocycles. The van der Waals surface area contributed by atoms with Crippen molar-refractivity contribution in [3.63, 3.8) is 0 Å². The second kappa shape index (κ2) is 11.1. The molecule has 3 rings (SSSR count). The smallest absolute Gasteiger partial charge is 0.333 e. The Morgan fingerprint density at radius 1 is 0.432 bits per heavy atom. The van der Waals surface area contributed by atoms with Gasteiger partial charge in [0.1, 0.15) is 0 Å². The van der Waals surface area contributed by atoms with Crippen LogP contribution in [0.5, 0.6) is 0 Å². The van der Waals surface area contributed by atoms with Gasteiger partial charge in [0.15, 0.2) is 0 Å². The van der Waals surface area contributed by atoms with Crippen LogP contribution in [0.3, 0.4) is 0 Å². The van der Waals surface area contributed by atoms with Crippen LogP contribution in [0.15, 0.2) is 106 Å². The number of hydrogen-bond donors (Lipinski definition) is 0. The number of alkyl halides is 15. The van der Waals surface area contributed by atoms with Gasteiger partial charge < -0.3 is 4.79 Å². The fourth-order valence-electron chi connectivity index (χ4n) is 3.66. The van der Waals surface area contributed by atoms with Crippen LogP contribution in [0, 0.1) is 0 Å². The molecule has 3 aromatic rings. The molecule has 0 spiro atoms. The molecule has 0 saturated heterocycles. The SMILES string of the molecule is [OH+]=C(OS(c1ccccc1)(c1ccccc1)c1ccccc1)C(F)(F)C(F)(F)C(F)(F)C(F)(F)C(F)(F)C(F)(F)C(F)(F)F. The van der Waals surface area contributed by atoms with Crippen LogP contribution >= 0.6 is 10.3 Å². The highest BCUT2D eigenvalue weighted by atomic mass is 32.3. The summed E-state index contributed by atoms with van der Waals surface area (Å²) in [7, 11) is -3.98. The van der Waals surface area contributed by atoms with Crippen LogP contribution in [-0.2, 0) is 4.18 Å². The quantitative estimate of drug-likeness (QED) is 0.155. The van der Waals surface area contributed by atoms with Crippen molar-refractivity contribution < 1.29 is 74.8 Å². The van der Waals surface area contributed by atoms with Gasteiger partial charge in [0.05, 0.1) is 25.0 Å². The molecular weight excluding hydrogens is 661 g/mol. The molecule has 0 aliphatic carbocycles. The van der Waals surface area contributed by atoms with Gasteiger partial charge in [-0.2, -0.15) is 65.9 Å². The summed E-state index contributed by atoms with van der Waals surface area (Å²) in [4.78, 5) is 9.51. The van der Waals surface area contributed by atoms with Crippen molar-refractivity contribution >= 4 is 16.3 Å². The van der Waals surface area contributed by atoms with Crippen LogP contribution in [0.1, 0.15) is 0 Å². The zero-order chi connectivity index (χ0) is 33.6. The monoisotopic (exact) mass is 677 g/mol. The summed E-state index contributed by atoms with van der Waals surface area (Å²) in [5, 5.41) is 0. The lowest BCUT2D eigenvalue weighted by atomic mass is 9.91. The summed E-state index contributed by atoms with van der Waals surface area (Å²) in [5.41, 5.74) is 0. The molecular formula is C26H16F15O2S+. The van der Waals surface area contributed by atoms with Crippen molar-refractivity contribution in [3.8, 4) is 0 Å². The second-order valence-electron chi connectivity index (χ2n) is 8.83. The molecule has 0 bridgehead atoms. The van der Waals surface area contributed by atoms with Gasteiger partial charge in [0.25, 0.3) is 0 Å². The standard InChI is InChI=1S/C26H15F15O2S/c27-20(28,21(29,30)22(31,32)23(33,34)24(35,36)25(37,38)26(39,40)41)19(42)43-44(16-10-4-1-5-11-16,17-12-6-2-7-13-17)18-14-8-3-9-15-18/h1-15H/p+1. The lowest BCUT2D eigenvalue weighted by Crippen LogP contribution is -2.73. The minimum atomic E-state index is -8.51. The molecule has 0 radical (unpaired) electrons. The molecule has 2 nitrogen and oxygen atoms in total. The van der Waals surface area contributed by atoms with Gasteiger partial charge in [-0.1, -0.05) is 54.6 Å². The van der Waals surface area contributed by atoms with Gasteiger partial charge in [0, 0.05) is 0 Å². The molecule has 0 fully saturated rings. The van der Waals surface area contributed by atoms with E-state index in [1.807, 2.05) is 0 Å². The second-order valence-corrected chi connectivity index (χ2v) is 11.5. The fourth-order valence-corrected chi connectivity index (χ4v) is 6.73. The minimum absolute atomic E-state index is 0.212. The Kier molecular flexibility index (Phi) is 8.81.